The van der Waals surface area contributed by atoms with Crippen LogP contribution in [0, 0.1) is 12.7 Å². The largest absolute Gasteiger partial charge is 0.359 e. The van der Waals surface area contributed by atoms with Crippen LogP contribution in [0.2, 0.25) is 5.02 Å². The number of carbonyl (C=O) groups is 1. The summed E-state index contributed by atoms with van der Waals surface area (Å²) in [6.07, 6.45) is 1.19. The molecule has 1 N–H and O–H groups in total. The quantitative estimate of drug-likeness (QED) is 0.554. The van der Waals surface area contributed by atoms with Crippen LogP contribution >= 0.6 is 23.1 Å². The molecule has 1 atom stereocenters. The van der Waals surface area contributed by atoms with Crippen LogP contribution in [0.3, 0.4) is 0 Å². The smallest absolute Gasteiger partial charge is 0.263 e. The predicted octanol–water partition coefficient (Wildman–Crippen LogP) is 4.10. The second kappa shape index (κ2) is 8.23. The highest BCUT2D eigenvalue weighted by Gasteiger charge is 2.39. The van der Waals surface area contributed by atoms with E-state index in [-0.39, 0.29) is 29.9 Å². The lowest BCUT2D eigenvalue weighted by molar-refractivity contribution is -0.118. The zero-order valence-electron chi connectivity index (χ0n) is 17.5. The molecular formula is C21H23ClFN5O3S2. The predicted molar refractivity (Wildman–Crippen MR) is 129 cm³/mol. The summed E-state index contributed by atoms with van der Waals surface area (Å²) in [6, 6.07) is 8.77. The maximum Gasteiger partial charge on any atom is 0.263 e. The van der Waals surface area contributed by atoms with Gasteiger partial charge in [0.05, 0.1) is 9.92 Å². The maximum atomic E-state index is 13.8. The van der Waals surface area contributed by atoms with Gasteiger partial charge in [-0.2, -0.15) is 4.37 Å². The Morgan fingerprint density at radius 2 is 1.97 bits per heavy atom. The van der Waals surface area contributed by atoms with Crippen LogP contribution in [0.25, 0.3) is 0 Å². The van der Waals surface area contributed by atoms with Crippen LogP contribution in [0.1, 0.15) is 20.7 Å². The molecule has 0 radical (unpaired) electrons. The minimum absolute atomic E-state index is 0. The lowest BCUT2D eigenvalue weighted by Crippen LogP contribution is -2.41. The number of halogens is 2. The molecule has 1 aromatic heterocycles. The lowest BCUT2D eigenvalue weighted by atomic mass is 10.1. The Bertz CT molecular complexity index is 1360. The molecule has 1 saturated heterocycles. The Hall–Kier alpha value is -2.76. The summed E-state index contributed by atoms with van der Waals surface area (Å²) in [6.45, 7) is 2.77. The minimum Gasteiger partial charge on any atom is -0.359 e. The van der Waals surface area contributed by atoms with Gasteiger partial charge in [-0.05, 0) is 61.7 Å². The van der Waals surface area contributed by atoms with Gasteiger partial charge < -0.3 is 9.80 Å². The zero-order chi connectivity index (χ0) is 23.3. The van der Waals surface area contributed by atoms with E-state index in [0.717, 1.165) is 22.8 Å². The number of aromatic nitrogens is 2. The zero-order valence-corrected chi connectivity index (χ0v) is 19.8. The Labute approximate surface area is 202 Å². The standard InChI is InChI=1S/C21H19ClFN5O3S2.2H2/c1-12-24-21(32-25-12)26-33(30,31)14-4-2-13(3-5-14)27-11-9-18(20(27)29)28-10-8-15-17(28)7-6-16(23)19(15)22;;/h2-7,18H,8-11H2,1H3,(H,24,25,26);2*1H/t18-;;/m0../s1. The van der Waals surface area contributed by atoms with E-state index < -0.39 is 15.8 Å². The first-order chi connectivity index (χ1) is 15.7. The number of benzene rings is 2. The van der Waals surface area contributed by atoms with Gasteiger partial charge in [-0.3, -0.25) is 9.52 Å². The fraction of sp³-hybridized carbons (Fsp3) is 0.286. The molecule has 1 amide bonds. The molecule has 2 aromatic carbocycles. The third-order valence-corrected chi connectivity index (χ3v) is 8.46. The summed E-state index contributed by atoms with van der Waals surface area (Å²) < 4.78 is 45.4. The third kappa shape index (κ3) is 3.94. The molecule has 2 aliphatic heterocycles. The normalized spacial score (nSPS) is 18.2. The van der Waals surface area contributed by atoms with E-state index in [0.29, 0.717) is 37.4 Å². The SMILES string of the molecule is Cc1nsc(NS(=O)(=O)c2ccc(N3CC[C@H](N4CCc5c4ccc(F)c5Cl)C3=O)cc2)n1.[HH].[HH]. The summed E-state index contributed by atoms with van der Waals surface area (Å²) in [5.41, 5.74) is 2.14. The number of aryl methyl sites for hydroxylation is 1. The number of amides is 1. The van der Waals surface area contributed by atoms with Crippen molar-refractivity contribution in [3.8, 4) is 0 Å². The number of sulfonamides is 1. The van der Waals surface area contributed by atoms with Gasteiger partial charge in [-0.25, -0.2) is 17.8 Å². The third-order valence-electron chi connectivity index (χ3n) is 5.84. The van der Waals surface area contributed by atoms with Crippen LogP contribution < -0.4 is 14.5 Å². The molecule has 0 bridgehead atoms. The summed E-state index contributed by atoms with van der Waals surface area (Å²) in [5, 5.41) is 0.311. The average Bonchev–Trinajstić information content (AvgIpc) is 3.49. The van der Waals surface area contributed by atoms with Crippen LogP contribution in [0.5, 0.6) is 0 Å². The molecule has 0 unspecified atom stereocenters. The van der Waals surface area contributed by atoms with Crippen LogP contribution in [-0.4, -0.2) is 42.8 Å². The van der Waals surface area contributed by atoms with Crippen molar-refractivity contribution in [1.29, 1.82) is 0 Å². The fourth-order valence-electron chi connectivity index (χ4n) is 4.29. The number of fused-ring (bicyclic) bond motifs is 1. The summed E-state index contributed by atoms with van der Waals surface area (Å²) in [4.78, 5) is 20.9. The van der Waals surface area contributed by atoms with Crippen molar-refractivity contribution >= 4 is 55.6 Å². The number of rotatable bonds is 5. The lowest BCUT2D eigenvalue weighted by Gasteiger charge is -2.26. The molecule has 5 rings (SSSR count). The van der Waals surface area contributed by atoms with Crippen molar-refractivity contribution in [2.45, 2.75) is 30.7 Å². The van der Waals surface area contributed by atoms with Gasteiger partial charge in [0.25, 0.3) is 10.0 Å². The number of nitrogens with zero attached hydrogens (tertiary/aromatic N) is 4. The van der Waals surface area contributed by atoms with Crippen LogP contribution in [-0.2, 0) is 21.2 Å². The van der Waals surface area contributed by atoms with E-state index in [4.69, 9.17) is 11.6 Å². The van der Waals surface area contributed by atoms with Crippen molar-refractivity contribution in [2.24, 2.45) is 0 Å². The summed E-state index contributed by atoms with van der Waals surface area (Å²) in [7, 11) is -3.82. The van der Waals surface area contributed by atoms with Crippen molar-refractivity contribution in [2.75, 3.05) is 27.6 Å². The monoisotopic (exact) mass is 511 g/mol. The first kappa shape index (κ1) is 22.1. The van der Waals surface area contributed by atoms with E-state index in [1.54, 1.807) is 30.0 Å². The molecule has 3 aromatic rings. The van der Waals surface area contributed by atoms with Gasteiger partial charge in [0.1, 0.15) is 17.7 Å². The molecule has 33 heavy (non-hydrogen) atoms. The fourth-order valence-corrected chi connectivity index (χ4v) is 6.35. The number of nitrogens with one attached hydrogen (secondary N) is 1. The molecule has 0 spiro atoms. The summed E-state index contributed by atoms with van der Waals surface area (Å²) >= 11 is 7.08. The van der Waals surface area contributed by atoms with Crippen molar-refractivity contribution in [3.05, 3.63) is 58.6 Å². The topological polar surface area (TPSA) is 95.5 Å². The van der Waals surface area contributed by atoms with Gasteiger partial charge in [0.2, 0.25) is 11.0 Å². The van der Waals surface area contributed by atoms with E-state index >= 15 is 0 Å². The second-order valence-corrected chi connectivity index (χ2v) is 10.7. The number of hydrogen-bond acceptors (Lipinski definition) is 7. The van der Waals surface area contributed by atoms with E-state index in [1.165, 1.54) is 18.2 Å². The minimum atomic E-state index is -3.82. The first-order valence-electron chi connectivity index (χ1n) is 10.2. The first-order valence-corrected chi connectivity index (χ1v) is 12.9. The number of hydrogen-bond donors (Lipinski definition) is 1. The Morgan fingerprint density at radius 1 is 1.21 bits per heavy atom. The Balaban J connectivity index is 0.00000171. The molecular weight excluding hydrogens is 489 g/mol. The van der Waals surface area contributed by atoms with Crippen molar-refractivity contribution in [3.63, 3.8) is 0 Å². The molecule has 0 aliphatic carbocycles. The van der Waals surface area contributed by atoms with Gasteiger partial charge in [0, 0.05) is 38.9 Å². The average molecular weight is 512 g/mol. The molecule has 8 nitrogen and oxygen atoms in total. The molecule has 2 aliphatic rings. The molecule has 176 valence electrons. The number of carbonyl (C=O) groups excluding carboxylic acids is 1. The highest BCUT2D eigenvalue weighted by atomic mass is 35.5. The van der Waals surface area contributed by atoms with E-state index in [9.17, 15) is 17.6 Å². The summed E-state index contributed by atoms with van der Waals surface area (Å²) in [5.74, 6) is -0.0491. The highest BCUT2D eigenvalue weighted by Crippen LogP contribution is 2.38. The van der Waals surface area contributed by atoms with E-state index in [1.807, 2.05) is 4.90 Å². The van der Waals surface area contributed by atoms with Gasteiger partial charge in [-0.15, -0.1) is 0 Å². The van der Waals surface area contributed by atoms with Gasteiger partial charge in [0.15, 0.2) is 0 Å². The Kier molecular flexibility index (Phi) is 5.50. The molecule has 3 heterocycles. The van der Waals surface area contributed by atoms with E-state index in [2.05, 4.69) is 14.1 Å². The second-order valence-electron chi connectivity index (χ2n) is 7.84. The van der Waals surface area contributed by atoms with Gasteiger partial charge in [-0.1, -0.05) is 11.6 Å². The maximum absolute atomic E-state index is 13.8. The Morgan fingerprint density at radius 3 is 2.67 bits per heavy atom. The highest BCUT2D eigenvalue weighted by molar-refractivity contribution is 7.93. The molecule has 12 heteroatoms. The van der Waals surface area contributed by atoms with Crippen LogP contribution in [0.15, 0.2) is 41.3 Å². The molecule has 1 fully saturated rings. The van der Waals surface area contributed by atoms with Crippen molar-refractivity contribution in [1.82, 2.24) is 9.36 Å². The van der Waals surface area contributed by atoms with Crippen molar-refractivity contribution < 1.29 is 20.5 Å². The number of anilines is 3. The van der Waals surface area contributed by atoms with Gasteiger partial charge >= 0.3 is 0 Å². The molecule has 0 saturated carbocycles. The van der Waals surface area contributed by atoms with Crippen LogP contribution in [0.4, 0.5) is 20.9 Å².